The monoisotopic (exact) mass is 281 g/mol. The predicted molar refractivity (Wildman–Crippen MR) is 73.6 cm³/mol. The number of hydrogen-bond donors (Lipinski definition) is 2. The van der Waals surface area contributed by atoms with Crippen molar-refractivity contribution in [2.24, 2.45) is 0 Å². The van der Waals surface area contributed by atoms with E-state index in [0.717, 1.165) is 12.8 Å². The van der Waals surface area contributed by atoms with Crippen molar-refractivity contribution in [3.05, 3.63) is 0 Å². The molecule has 0 aromatic heterocycles. The number of aliphatic carboxylic acids is 1. The zero-order valence-electron chi connectivity index (χ0n) is 13.5. The Kier molecular flexibility index (Phi) is 17.9. The fraction of sp³-hybridized carbons (Fsp3) is 0.857. The Morgan fingerprint density at radius 2 is 1.42 bits per heavy atom. The maximum atomic E-state index is 11.2. The minimum atomic E-state index is -0.990. The summed E-state index contributed by atoms with van der Waals surface area (Å²) < 4.78 is 0. The molecule has 4 nitrogen and oxygen atoms in total. The molecule has 0 rings (SSSR count). The number of amides is 1. The second-order valence-corrected chi connectivity index (χ2v) is 4.75. The Morgan fingerprint density at radius 1 is 0.947 bits per heavy atom. The first-order chi connectivity index (χ1) is 8.66. The summed E-state index contributed by atoms with van der Waals surface area (Å²) in [4.78, 5) is 21.4. The summed E-state index contributed by atoms with van der Waals surface area (Å²) in [6.07, 6.45) is 11.4. The first-order valence-corrected chi connectivity index (χ1v) is 7.15. The number of nitrogens with one attached hydrogen (secondary N) is 1. The summed E-state index contributed by atoms with van der Waals surface area (Å²) in [6.45, 7) is 1.95. The van der Waals surface area contributed by atoms with Crippen molar-refractivity contribution in [3.63, 3.8) is 0 Å². The van der Waals surface area contributed by atoms with Gasteiger partial charge in [0.05, 0.1) is 0 Å². The topological polar surface area (TPSA) is 66.4 Å². The standard InChI is InChI=1S/C14H27NO3.Na.H/c1-2-3-4-5-6-7-8-9-10-11-13(16)15-12-14(17)18;;/h2-12H2,1H3,(H,15,16)(H,17,18);;/q;+1;-1. The number of carbonyl (C=O) groups is 2. The predicted octanol–water partition coefficient (Wildman–Crippen LogP) is 0.225. The Balaban J connectivity index is -0.00000144. The van der Waals surface area contributed by atoms with Crippen LogP contribution in [0.1, 0.15) is 72.6 Å². The van der Waals surface area contributed by atoms with Gasteiger partial charge in [-0.25, -0.2) is 0 Å². The smallest absolute Gasteiger partial charge is 1.00 e. The van der Waals surface area contributed by atoms with Crippen LogP contribution in [-0.2, 0) is 9.59 Å². The van der Waals surface area contributed by atoms with Crippen molar-refractivity contribution in [1.29, 1.82) is 0 Å². The molecule has 0 aromatic carbocycles. The molecule has 1 amide bonds. The fourth-order valence-corrected chi connectivity index (χ4v) is 1.86. The molecule has 5 heteroatoms. The van der Waals surface area contributed by atoms with E-state index in [-0.39, 0.29) is 43.4 Å². The van der Waals surface area contributed by atoms with Crippen LogP contribution in [0.3, 0.4) is 0 Å². The Morgan fingerprint density at radius 3 is 1.89 bits per heavy atom. The summed E-state index contributed by atoms with van der Waals surface area (Å²) in [6, 6.07) is 0. The Bertz CT molecular complexity index is 240. The van der Waals surface area contributed by atoms with Gasteiger partial charge in [-0.05, 0) is 6.42 Å². The third-order valence-electron chi connectivity index (χ3n) is 2.94. The maximum absolute atomic E-state index is 11.2. The van der Waals surface area contributed by atoms with Crippen LogP contribution in [0.15, 0.2) is 0 Å². The van der Waals surface area contributed by atoms with E-state index in [9.17, 15) is 9.59 Å². The van der Waals surface area contributed by atoms with E-state index in [4.69, 9.17) is 5.11 Å². The van der Waals surface area contributed by atoms with Crippen molar-refractivity contribution in [1.82, 2.24) is 5.32 Å². The molecule has 0 aliphatic carbocycles. The van der Waals surface area contributed by atoms with Gasteiger partial charge in [0.25, 0.3) is 0 Å². The molecular formula is C14H28NNaO3. The van der Waals surface area contributed by atoms with Crippen LogP contribution in [-0.4, -0.2) is 23.5 Å². The third kappa shape index (κ3) is 17.9. The van der Waals surface area contributed by atoms with Gasteiger partial charge in [0.2, 0.25) is 5.91 Å². The number of carbonyl (C=O) groups excluding carboxylic acids is 1. The van der Waals surface area contributed by atoms with E-state index in [1.54, 1.807) is 0 Å². The van der Waals surface area contributed by atoms with Gasteiger partial charge in [-0.1, -0.05) is 58.3 Å². The molecule has 0 bridgehead atoms. The van der Waals surface area contributed by atoms with Gasteiger partial charge in [0, 0.05) is 6.42 Å². The molecule has 0 atom stereocenters. The molecule has 0 fully saturated rings. The number of carboxylic acid groups (broad SMARTS) is 1. The summed E-state index contributed by atoms with van der Waals surface area (Å²) in [5.74, 6) is -1.14. The molecule has 0 saturated carbocycles. The zero-order valence-corrected chi connectivity index (χ0v) is 14.5. The van der Waals surface area contributed by atoms with Gasteiger partial charge in [-0.2, -0.15) is 0 Å². The minimum Gasteiger partial charge on any atom is -1.00 e. The molecule has 2 N–H and O–H groups in total. The largest absolute Gasteiger partial charge is 1.00 e. The number of hydrogen-bond acceptors (Lipinski definition) is 2. The molecule has 0 unspecified atom stereocenters. The van der Waals surface area contributed by atoms with Crippen LogP contribution < -0.4 is 34.9 Å². The molecule has 0 spiro atoms. The van der Waals surface area contributed by atoms with Crippen LogP contribution in [0.4, 0.5) is 0 Å². The van der Waals surface area contributed by atoms with Crippen LogP contribution in [0.2, 0.25) is 0 Å². The number of carboxylic acids is 1. The quantitative estimate of drug-likeness (QED) is 0.397. The van der Waals surface area contributed by atoms with Crippen LogP contribution in [0.5, 0.6) is 0 Å². The summed E-state index contributed by atoms with van der Waals surface area (Å²) >= 11 is 0. The number of rotatable bonds is 12. The minimum absolute atomic E-state index is 0. The average Bonchev–Trinajstić information content (AvgIpc) is 2.34. The van der Waals surface area contributed by atoms with E-state index in [2.05, 4.69) is 12.2 Å². The summed E-state index contributed by atoms with van der Waals surface area (Å²) in [5, 5.41) is 10.7. The van der Waals surface area contributed by atoms with Crippen molar-refractivity contribution < 1.29 is 45.7 Å². The first kappa shape index (κ1) is 21.2. The van der Waals surface area contributed by atoms with Gasteiger partial charge in [-0.15, -0.1) is 0 Å². The van der Waals surface area contributed by atoms with Crippen LogP contribution in [0.25, 0.3) is 0 Å². The van der Waals surface area contributed by atoms with Crippen molar-refractivity contribution >= 4 is 11.9 Å². The molecule has 108 valence electrons. The molecule has 0 aliphatic heterocycles. The van der Waals surface area contributed by atoms with E-state index in [1.165, 1.54) is 44.9 Å². The fourth-order valence-electron chi connectivity index (χ4n) is 1.86. The van der Waals surface area contributed by atoms with Gasteiger partial charge in [0.15, 0.2) is 0 Å². The Labute approximate surface area is 140 Å². The van der Waals surface area contributed by atoms with Gasteiger partial charge in [0.1, 0.15) is 6.54 Å². The van der Waals surface area contributed by atoms with Crippen molar-refractivity contribution in [2.45, 2.75) is 71.1 Å². The van der Waals surface area contributed by atoms with Gasteiger partial charge < -0.3 is 11.8 Å². The van der Waals surface area contributed by atoms with Gasteiger partial charge >= 0.3 is 35.5 Å². The second kappa shape index (κ2) is 16.0. The first-order valence-electron chi connectivity index (χ1n) is 7.15. The molecular weight excluding hydrogens is 253 g/mol. The maximum Gasteiger partial charge on any atom is 1.00 e. The van der Waals surface area contributed by atoms with E-state index in [0.29, 0.717) is 6.42 Å². The second-order valence-electron chi connectivity index (χ2n) is 4.75. The van der Waals surface area contributed by atoms with E-state index < -0.39 is 5.97 Å². The van der Waals surface area contributed by atoms with E-state index >= 15 is 0 Å². The third-order valence-corrected chi connectivity index (χ3v) is 2.94. The average molecular weight is 281 g/mol. The Hall–Kier alpha value is -0.0600. The molecule has 0 heterocycles. The van der Waals surface area contributed by atoms with Crippen LogP contribution in [0, 0.1) is 0 Å². The molecule has 0 aromatic rings. The number of unbranched alkanes of at least 4 members (excludes halogenated alkanes) is 8. The van der Waals surface area contributed by atoms with Crippen LogP contribution >= 0.6 is 0 Å². The van der Waals surface area contributed by atoms with Crippen molar-refractivity contribution in [3.8, 4) is 0 Å². The van der Waals surface area contributed by atoms with E-state index in [1.807, 2.05) is 0 Å². The summed E-state index contributed by atoms with van der Waals surface area (Å²) in [7, 11) is 0. The molecule has 0 saturated heterocycles. The zero-order chi connectivity index (χ0) is 13.6. The summed E-state index contributed by atoms with van der Waals surface area (Å²) in [5.41, 5.74) is 0. The SMILES string of the molecule is CCCCCCCCCCCC(=O)NCC(=O)O.[H-].[Na+]. The van der Waals surface area contributed by atoms with Gasteiger partial charge in [-0.3, -0.25) is 9.59 Å². The molecule has 19 heavy (non-hydrogen) atoms. The molecule has 0 radical (unpaired) electrons. The van der Waals surface area contributed by atoms with Crippen molar-refractivity contribution in [2.75, 3.05) is 6.54 Å². The molecule has 0 aliphatic rings. The normalized spacial score (nSPS) is 9.74.